The van der Waals surface area contributed by atoms with Gasteiger partial charge in [-0.3, -0.25) is 4.79 Å². The van der Waals surface area contributed by atoms with Crippen LogP contribution in [-0.4, -0.2) is 23.0 Å². The van der Waals surface area contributed by atoms with Crippen LogP contribution in [0, 0.1) is 11.8 Å². The number of hydrogen-bond donors (Lipinski definition) is 1. The number of carbonyl (C=O) groups excluding carboxylic acids is 1. The Morgan fingerprint density at radius 1 is 1.59 bits per heavy atom. The van der Waals surface area contributed by atoms with E-state index in [1.54, 1.807) is 0 Å². The van der Waals surface area contributed by atoms with Crippen LogP contribution in [0.2, 0.25) is 0 Å². The van der Waals surface area contributed by atoms with E-state index in [-0.39, 0.29) is 28.9 Å². The van der Waals surface area contributed by atoms with E-state index in [0.29, 0.717) is 12.3 Å². The highest BCUT2D eigenvalue weighted by molar-refractivity contribution is 5.89. The van der Waals surface area contributed by atoms with Crippen LogP contribution in [0.15, 0.2) is 12.2 Å². The third-order valence-corrected chi connectivity index (χ3v) is 5.31. The van der Waals surface area contributed by atoms with E-state index in [9.17, 15) is 4.79 Å². The first kappa shape index (κ1) is 11.4. The molecule has 17 heavy (non-hydrogen) atoms. The smallest absolute Gasteiger partial charge is 0.164 e. The quantitative estimate of drug-likeness (QED) is 0.557. The van der Waals surface area contributed by atoms with Crippen molar-refractivity contribution < 1.29 is 9.53 Å². The van der Waals surface area contributed by atoms with Gasteiger partial charge in [0.15, 0.2) is 5.78 Å². The SMILES string of the molecule is C=C(C)[C@@H]1CCC23OC2C(=O)C[C@@H](C)[C@]3(N)C1. The van der Waals surface area contributed by atoms with Crippen LogP contribution in [-0.2, 0) is 9.53 Å². The first-order valence-corrected chi connectivity index (χ1v) is 6.55. The molecule has 2 unspecified atom stereocenters. The normalized spacial score (nSPS) is 52.6. The van der Waals surface area contributed by atoms with Gasteiger partial charge < -0.3 is 10.5 Å². The molecule has 0 aromatic rings. The largest absolute Gasteiger partial charge is 0.356 e. The van der Waals surface area contributed by atoms with E-state index >= 15 is 0 Å². The lowest BCUT2D eigenvalue weighted by atomic mass is 9.57. The molecule has 1 heterocycles. The zero-order valence-corrected chi connectivity index (χ0v) is 10.7. The third-order valence-electron chi connectivity index (χ3n) is 5.31. The molecule has 3 nitrogen and oxygen atoms in total. The Bertz CT molecular complexity index is 405. The molecule has 0 amide bonds. The van der Waals surface area contributed by atoms with Crippen LogP contribution in [0.1, 0.15) is 39.5 Å². The van der Waals surface area contributed by atoms with Gasteiger partial charge in [0.25, 0.3) is 0 Å². The van der Waals surface area contributed by atoms with E-state index in [1.807, 2.05) is 0 Å². The summed E-state index contributed by atoms with van der Waals surface area (Å²) in [5.41, 5.74) is 7.22. The molecular formula is C14H21NO2. The minimum Gasteiger partial charge on any atom is -0.356 e. The summed E-state index contributed by atoms with van der Waals surface area (Å²) in [7, 11) is 0. The summed E-state index contributed by atoms with van der Waals surface area (Å²) >= 11 is 0. The minimum absolute atomic E-state index is 0.199. The number of epoxide rings is 1. The number of Topliss-reactive ketones (excluding diaryl/α,β-unsaturated/α-hetero) is 1. The maximum Gasteiger partial charge on any atom is 0.164 e. The van der Waals surface area contributed by atoms with Gasteiger partial charge in [-0.15, -0.1) is 0 Å². The van der Waals surface area contributed by atoms with Crippen molar-refractivity contribution in [2.45, 2.75) is 56.8 Å². The first-order chi connectivity index (χ1) is 7.91. The number of nitrogens with two attached hydrogens (primary N) is 1. The van der Waals surface area contributed by atoms with Crippen molar-refractivity contribution >= 4 is 5.78 Å². The summed E-state index contributed by atoms with van der Waals surface area (Å²) < 4.78 is 5.78. The summed E-state index contributed by atoms with van der Waals surface area (Å²) in [4.78, 5) is 11.9. The van der Waals surface area contributed by atoms with Crippen LogP contribution >= 0.6 is 0 Å². The fourth-order valence-corrected chi connectivity index (χ4v) is 3.98. The average Bonchev–Trinajstić information content (AvgIpc) is 2.98. The monoisotopic (exact) mass is 235 g/mol. The number of allylic oxidation sites excluding steroid dienone is 1. The van der Waals surface area contributed by atoms with Gasteiger partial charge in [-0.1, -0.05) is 19.1 Å². The van der Waals surface area contributed by atoms with Crippen LogP contribution in [0.25, 0.3) is 0 Å². The minimum atomic E-state index is -0.326. The second-order valence-corrected chi connectivity index (χ2v) is 6.29. The molecule has 3 rings (SSSR count). The van der Waals surface area contributed by atoms with Crippen molar-refractivity contribution in [3.05, 3.63) is 12.2 Å². The molecule has 3 heteroatoms. The molecule has 1 saturated heterocycles. The molecule has 2 N–H and O–H groups in total. The number of rotatable bonds is 1. The molecule has 2 aliphatic carbocycles. The van der Waals surface area contributed by atoms with Gasteiger partial charge in [-0.2, -0.15) is 0 Å². The predicted molar refractivity (Wildman–Crippen MR) is 65.5 cm³/mol. The Kier molecular flexibility index (Phi) is 2.15. The summed E-state index contributed by atoms with van der Waals surface area (Å²) in [6.45, 7) is 8.24. The Morgan fingerprint density at radius 2 is 2.29 bits per heavy atom. The van der Waals surface area contributed by atoms with E-state index in [1.165, 1.54) is 5.57 Å². The Labute approximate surface area is 102 Å². The Balaban J connectivity index is 1.93. The Morgan fingerprint density at radius 3 is 2.94 bits per heavy atom. The highest BCUT2D eigenvalue weighted by Crippen LogP contribution is 2.61. The molecule has 3 fully saturated rings. The molecule has 2 saturated carbocycles. The van der Waals surface area contributed by atoms with Gasteiger partial charge in [-0.05, 0) is 38.0 Å². The predicted octanol–water partition coefficient (Wildman–Crippen LogP) is 1.81. The molecule has 94 valence electrons. The zero-order chi connectivity index (χ0) is 12.4. The molecule has 1 spiro atoms. The number of ether oxygens (including phenoxy) is 1. The molecule has 0 radical (unpaired) electrons. The van der Waals surface area contributed by atoms with Gasteiger partial charge in [0.1, 0.15) is 11.7 Å². The topological polar surface area (TPSA) is 55.6 Å². The van der Waals surface area contributed by atoms with Gasteiger partial charge in [0, 0.05) is 6.42 Å². The van der Waals surface area contributed by atoms with E-state index in [2.05, 4.69) is 20.4 Å². The van der Waals surface area contributed by atoms with Crippen LogP contribution in [0.4, 0.5) is 0 Å². The van der Waals surface area contributed by atoms with Crippen LogP contribution in [0.3, 0.4) is 0 Å². The maximum absolute atomic E-state index is 11.9. The van der Waals surface area contributed by atoms with E-state index in [4.69, 9.17) is 10.5 Å². The van der Waals surface area contributed by atoms with Crippen LogP contribution in [0.5, 0.6) is 0 Å². The molecule has 3 aliphatic rings. The Hall–Kier alpha value is -0.670. The average molecular weight is 235 g/mol. The lowest BCUT2D eigenvalue weighted by Gasteiger charge is -2.49. The second-order valence-electron chi connectivity index (χ2n) is 6.29. The molecule has 0 bridgehead atoms. The van der Waals surface area contributed by atoms with Crippen LogP contribution < -0.4 is 5.73 Å². The number of hydrogen-bond acceptors (Lipinski definition) is 3. The standard InChI is InChI=1S/C14H21NO2/c1-8(2)10-4-5-14-12(17-14)11(16)6-9(3)13(14,15)7-10/h9-10,12H,1,4-7,15H2,2-3H3/t9-,10-,12?,13-,14?/m1/s1. The highest BCUT2D eigenvalue weighted by Gasteiger charge is 2.75. The van der Waals surface area contributed by atoms with Gasteiger partial charge in [0.05, 0.1) is 5.54 Å². The van der Waals surface area contributed by atoms with E-state index < -0.39 is 0 Å². The highest BCUT2D eigenvalue weighted by atomic mass is 16.6. The van der Waals surface area contributed by atoms with Gasteiger partial charge in [-0.25, -0.2) is 0 Å². The first-order valence-electron chi connectivity index (χ1n) is 6.55. The fourth-order valence-electron chi connectivity index (χ4n) is 3.98. The van der Waals surface area contributed by atoms with Crippen molar-refractivity contribution in [2.24, 2.45) is 17.6 Å². The fraction of sp³-hybridized carbons (Fsp3) is 0.786. The van der Waals surface area contributed by atoms with Crippen molar-refractivity contribution in [3.63, 3.8) is 0 Å². The van der Waals surface area contributed by atoms with Crippen molar-refractivity contribution in [1.29, 1.82) is 0 Å². The van der Waals surface area contributed by atoms with Gasteiger partial charge >= 0.3 is 0 Å². The summed E-state index contributed by atoms with van der Waals surface area (Å²) in [5.74, 6) is 0.967. The third kappa shape index (κ3) is 1.27. The summed E-state index contributed by atoms with van der Waals surface area (Å²) in [6.07, 6.45) is 3.28. The summed E-state index contributed by atoms with van der Waals surface area (Å²) in [6, 6.07) is 0. The van der Waals surface area contributed by atoms with Gasteiger partial charge in [0.2, 0.25) is 0 Å². The lowest BCUT2D eigenvalue weighted by molar-refractivity contribution is -0.123. The molecular weight excluding hydrogens is 214 g/mol. The number of ketones is 1. The second kappa shape index (κ2) is 3.21. The zero-order valence-electron chi connectivity index (χ0n) is 10.7. The molecule has 5 atom stereocenters. The maximum atomic E-state index is 11.9. The molecule has 0 aromatic heterocycles. The van der Waals surface area contributed by atoms with Crippen molar-refractivity contribution in [2.75, 3.05) is 0 Å². The van der Waals surface area contributed by atoms with Crippen molar-refractivity contribution in [3.8, 4) is 0 Å². The molecule has 1 aliphatic heterocycles. The van der Waals surface area contributed by atoms with E-state index in [0.717, 1.165) is 19.3 Å². The van der Waals surface area contributed by atoms with Crippen molar-refractivity contribution in [1.82, 2.24) is 0 Å². The summed E-state index contributed by atoms with van der Waals surface area (Å²) in [5, 5.41) is 0. The molecule has 0 aromatic carbocycles. The number of carbonyl (C=O) groups is 1. The lowest BCUT2D eigenvalue weighted by Crippen LogP contribution is -2.65.